The number of hydrogen-bond donors (Lipinski definition) is 2. The molecule has 0 aliphatic rings. The summed E-state index contributed by atoms with van der Waals surface area (Å²) in [6, 6.07) is 0. The van der Waals surface area contributed by atoms with E-state index in [1.54, 1.807) is 14.1 Å². The molecule has 0 radical (unpaired) electrons. The molecule has 1 aromatic rings. The van der Waals surface area contributed by atoms with Gasteiger partial charge < -0.3 is 10.6 Å². The number of nitrogens with one attached hydrogen (secondary N) is 2. The van der Waals surface area contributed by atoms with Crippen LogP contribution in [0.25, 0.3) is 0 Å². The Balaban J connectivity index is 0.000000561. The second kappa shape index (κ2) is 4.54. The van der Waals surface area contributed by atoms with E-state index in [0.29, 0.717) is 11.4 Å². The zero-order valence-corrected chi connectivity index (χ0v) is 7.82. The van der Waals surface area contributed by atoms with Gasteiger partial charge >= 0.3 is 0 Å². The van der Waals surface area contributed by atoms with Crippen molar-refractivity contribution in [2.24, 2.45) is 0 Å². The topological polar surface area (TPSA) is 58.2 Å². The van der Waals surface area contributed by atoms with E-state index in [0.717, 1.165) is 0 Å². The van der Waals surface area contributed by atoms with Crippen LogP contribution in [-0.4, -0.2) is 14.1 Å². The van der Waals surface area contributed by atoms with Gasteiger partial charge in [0.2, 0.25) is 0 Å². The first kappa shape index (κ1) is 10.7. The van der Waals surface area contributed by atoms with Crippen molar-refractivity contribution in [3.63, 3.8) is 0 Å². The maximum atomic E-state index is 10.7. The van der Waals surface area contributed by atoms with Crippen molar-refractivity contribution in [2.45, 2.75) is 13.8 Å². The van der Waals surface area contributed by atoms with Gasteiger partial charge in [-0.05, 0) is 0 Å². The maximum absolute atomic E-state index is 10.7. The van der Waals surface area contributed by atoms with Gasteiger partial charge in [0.05, 0.1) is 0 Å². The van der Waals surface area contributed by atoms with Gasteiger partial charge in [-0.3, -0.25) is 9.59 Å². The first-order valence-electron chi connectivity index (χ1n) is 3.91. The molecule has 0 atom stereocenters. The predicted molar refractivity (Wildman–Crippen MR) is 51.8 cm³/mol. The maximum Gasteiger partial charge on any atom is 0.253 e. The molecule has 0 bridgehead atoms. The minimum Gasteiger partial charge on any atom is -0.383 e. The average molecular weight is 170 g/mol. The van der Waals surface area contributed by atoms with Crippen LogP contribution in [0.3, 0.4) is 0 Å². The van der Waals surface area contributed by atoms with Crippen LogP contribution in [0.5, 0.6) is 0 Å². The Labute approximate surface area is 71.3 Å². The van der Waals surface area contributed by atoms with Crippen molar-refractivity contribution in [2.75, 3.05) is 24.7 Å². The molecule has 1 aromatic carbocycles. The summed E-state index contributed by atoms with van der Waals surface area (Å²) >= 11 is 0. The Hall–Kier alpha value is -1.32. The van der Waals surface area contributed by atoms with Crippen LogP contribution in [-0.2, 0) is 0 Å². The number of hydrogen-bond acceptors (Lipinski definition) is 4. The van der Waals surface area contributed by atoms with E-state index >= 15 is 0 Å². The van der Waals surface area contributed by atoms with E-state index in [2.05, 4.69) is 10.6 Å². The lowest BCUT2D eigenvalue weighted by atomic mass is 10.2. The summed E-state index contributed by atoms with van der Waals surface area (Å²) in [5.74, 6) is 0. The Kier molecular flexibility index (Phi) is 4.04. The lowest BCUT2D eigenvalue weighted by Gasteiger charge is -2.07. The Morgan fingerprint density at radius 2 is 1.08 bits per heavy atom. The molecule has 0 aliphatic carbocycles. The smallest absolute Gasteiger partial charge is 0.253 e. The highest BCUT2D eigenvalue weighted by Gasteiger charge is 2.17. The second-order valence-electron chi connectivity index (χ2n) is 1.91. The van der Waals surface area contributed by atoms with Crippen LogP contribution in [0.2, 0.25) is 0 Å². The van der Waals surface area contributed by atoms with Crippen molar-refractivity contribution >= 4 is 11.4 Å². The summed E-state index contributed by atoms with van der Waals surface area (Å²) in [7, 11) is 3.22. The highest BCUT2D eigenvalue weighted by Crippen LogP contribution is 2.10. The molecule has 4 nitrogen and oxygen atoms in total. The van der Waals surface area contributed by atoms with Crippen molar-refractivity contribution in [1.82, 2.24) is 0 Å². The van der Waals surface area contributed by atoms with Gasteiger partial charge in [-0.25, -0.2) is 0 Å². The third kappa shape index (κ3) is 1.47. The first-order chi connectivity index (χ1) is 5.72. The number of anilines is 2. The summed E-state index contributed by atoms with van der Waals surface area (Å²) in [6.07, 6.45) is 0. The van der Waals surface area contributed by atoms with Crippen LogP contribution in [0.4, 0.5) is 11.4 Å². The Morgan fingerprint density at radius 3 is 1.25 bits per heavy atom. The highest BCUT2D eigenvalue weighted by atomic mass is 16.2. The standard InChI is InChI=1S/C6H8N2O2.C2H6/c1-7-3-4(8-2)6(10)5(3)9;1-2/h7-8H,1-2H3;1-2H3. The first-order valence-corrected chi connectivity index (χ1v) is 3.91. The summed E-state index contributed by atoms with van der Waals surface area (Å²) < 4.78 is 0. The van der Waals surface area contributed by atoms with E-state index in [4.69, 9.17) is 0 Å². The molecule has 2 N–H and O–H groups in total. The fourth-order valence-corrected chi connectivity index (χ4v) is 0.869. The van der Waals surface area contributed by atoms with Gasteiger partial charge in [0.15, 0.2) is 0 Å². The largest absolute Gasteiger partial charge is 0.383 e. The van der Waals surface area contributed by atoms with E-state index < -0.39 is 10.9 Å². The minimum absolute atomic E-state index is 0.382. The highest BCUT2D eigenvalue weighted by molar-refractivity contribution is 5.73. The molecule has 0 aromatic heterocycles. The molecular formula is C8H14N2O2. The fraction of sp³-hybridized carbons (Fsp3) is 0.500. The molecule has 0 unspecified atom stereocenters. The normalized spacial score (nSPS) is 8.67. The molecule has 4 heteroatoms. The van der Waals surface area contributed by atoms with Gasteiger partial charge in [-0.1, -0.05) is 13.8 Å². The Bertz CT molecular complexity index is 279. The summed E-state index contributed by atoms with van der Waals surface area (Å²) in [5.41, 5.74) is -0.112. The minimum atomic E-state index is -0.438. The van der Waals surface area contributed by atoms with Crippen LogP contribution in [0.1, 0.15) is 13.8 Å². The van der Waals surface area contributed by atoms with E-state index in [9.17, 15) is 9.59 Å². The van der Waals surface area contributed by atoms with Crippen LogP contribution < -0.4 is 21.5 Å². The second-order valence-corrected chi connectivity index (χ2v) is 1.91. The molecule has 12 heavy (non-hydrogen) atoms. The van der Waals surface area contributed by atoms with E-state index in [1.807, 2.05) is 13.8 Å². The van der Waals surface area contributed by atoms with Gasteiger partial charge in [-0.2, -0.15) is 0 Å². The molecule has 0 heterocycles. The zero-order valence-electron chi connectivity index (χ0n) is 7.82. The summed E-state index contributed by atoms with van der Waals surface area (Å²) in [4.78, 5) is 21.3. The molecule has 0 saturated carbocycles. The molecule has 0 spiro atoms. The summed E-state index contributed by atoms with van der Waals surface area (Å²) in [5, 5.41) is 5.26. The number of rotatable bonds is 2. The van der Waals surface area contributed by atoms with Gasteiger partial charge in [-0.15, -0.1) is 0 Å². The quantitative estimate of drug-likeness (QED) is 0.630. The van der Waals surface area contributed by atoms with Crippen molar-refractivity contribution in [3.8, 4) is 0 Å². The van der Waals surface area contributed by atoms with Crippen LogP contribution in [0, 0.1) is 0 Å². The lowest BCUT2D eigenvalue weighted by Crippen LogP contribution is -2.35. The molecule has 0 amide bonds. The molecular weight excluding hydrogens is 156 g/mol. The van der Waals surface area contributed by atoms with Crippen LogP contribution in [0.15, 0.2) is 9.59 Å². The van der Waals surface area contributed by atoms with Gasteiger partial charge in [0.25, 0.3) is 10.9 Å². The van der Waals surface area contributed by atoms with Gasteiger partial charge in [0, 0.05) is 14.1 Å². The zero-order chi connectivity index (χ0) is 9.72. The predicted octanol–water partition coefficient (Wildman–Crippen LogP) is 0.392. The molecule has 0 fully saturated rings. The SMILES string of the molecule is CC.CNc1c(NC)c(=O)c1=O. The third-order valence-electron chi connectivity index (χ3n) is 1.41. The Morgan fingerprint density at radius 1 is 0.833 bits per heavy atom. The molecule has 1 rings (SSSR count). The molecule has 68 valence electrons. The third-order valence-corrected chi connectivity index (χ3v) is 1.41. The van der Waals surface area contributed by atoms with Crippen molar-refractivity contribution < 1.29 is 0 Å². The van der Waals surface area contributed by atoms with E-state index in [1.165, 1.54) is 0 Å². The van der Waals surface area contributed by atoms with Crippen LogP contribution >= 0.6 is 0 Å². The average Bonchev–Trinajstić information content (AvgIpc) is 2.15. The molecule has 0 saturated heterocycles. The summed E-state index contributed by atoms with van der Waals surface area (Å²) in [6.45, 7) is 4.00. The van der Waals surface area contributed by atoms with Crippen molar-refractivity contribution in [3.05, 3.63) is 20.4 Å². The van der Waals surface area contributed by atoms with E-state index in [-0.39, 0.29) is 0 Å². The van der Waals surface area contributed by atoms with Crippen molar-refractivity contribution in [1.29, 1.82) is 0 Å². The van der Waals surface area contributed by atoms with Gasteiger partial charge in [0.1, 0.15) is 11.4 Å². The lowest BCUT2D eigenvalue weighted by molar-refractivity contribution is 1.32. The monoisotopic (exact) mass is 170 g/mol. The fourth-order valence-electron chi connectivity index (χ4n) is 0.869. The molecule has 0 aliphatic heterocycles.